The van der Waals surface area contributed by atoms with E-state index in [0.29, 0.717) is 22.7 Å². The van der Waals surface area contributed by atoms with E-state index in [0.717, 1.165) is 11.3 Å². The average molecular weight is 443 g/mol. The Balaban J connectivity index is 1.69. The first-order valence-corrected chi connectivity index (χ1v) is 10.4. The Morgan fingerprint density at radius 2 is 1.71 bits per heavy atom. The quantitative estimate of drug-likeness (QED) is 0.493. The maximum Gasteiger partial charge on any atom is 0.329 e. The number of benzene rings is 2. The Morgan fingerprint density at radius 3 is 2.32 bits per heavy atom. The second kappa shape index (κ2) is 9.75. The summed E-state index contributed by atoms with van der Waals surface area (Å²) in [5.41, 5.74) is 1.72. The zero-order valence-electron chi connectivity index (χ0n) is 17.3. The van der Waals surface area contributed by atoms with Crippen LogP contribution in [0.5, 0.6) is 0 Å². The molecule has 1 aliphatic heterocycles. The molecule has 1 atom stereocenters. The van der Waals surface area contributed by atoms with E-state index >= 15 is 0 Å². The number of hydrogen-bond acceptors (Lipinski definition) is 5. The fraction of sp³-hybridized carbons (Fsp3) is 0.304. The lowest BCUT2D eigenvalue weighted by Crippen LogP contribution is -2.46. The number of halogens is 1. The van der Waals surface area contributed by atoms with Crippen molar-refractivity contribution in [2.24, 2.45) is 0 Å². The van der Waals surface area contributed by atoms with Gasteiger partial charge in [-0.2, -0.15) is 0 Å². The lowest BCUT2D eigenvalue weighted by atomic mass is 10.1. The van der Waals surface area contributed by atoms with Crippen molar-refractivity contribution in [2.45, 2.75) is 39.2 Å². The Morgan fingerprint density at radius 1 is 1.06 bits per heavy atom. The van der Waals surface area contributed by atoms with Crippen LogP contribution in [0.3, 0.4) is 0 Å². The molecule has 0 bridgehead atoms. The van der Waals surface area contributed by atoms with Crippen molar-refractivity contribution in [2.75, 3.05) is 11.9 Å². The lowest BCUT2D eigenvalue weighted by Gasteiger charge is -2.24. The van der Waals surface area contributed by atoms with Crippen molar-refractivity contribution in [3.8, 4) is 0 Å². The van der Waals surface area contributed by atoms with E-state index in [1.807, 2.05) is 6.92 Å². The van der Waals surface area contributed by atoms with E-state index in [1.54, 1.807) is 49.4 Å². The number of nitrogens with one attached hydrogen (secondary N) is 1. The maximum atomic E-state index is 12.8. The smallest absolute Gasteiger partial charge is 0.329 e. The number of esters is 1. The largest absolute Gasteiger partial charge is 0.454 e. The lowest BCUT2D eigenvalue weighted by molar-refractivity contribution is -0.151. The summed E-state index contributed by atoms with van der Waals surface area (Å²) in [6.45, 7) is 3.15. The van der Waals surface area contributed by atoms with Crippen LogP contribution < -0.4 is 5.32 Å². The van der Waals surface area contributed by atoms with Gasteiger partial charge in [-0.15, -0.1) is 0 Å². The van der Waals surface area contributed by atoms with E-state index in [9.17, 15) is 19.2 Å². The molecule has 3 rings (SSSR count). The highest BCUT2D eigenvalue weighted by Crippen LogP contribution is 2.27. The minimum Gasteiger partial charge on any atom is -0.454 e. The maximum absolute atomic E-state index is 12.8. The molecule has 0 saturated carbocycles. The fourth-order valence-corrected chi connectivity index (χ4v) is 3.58. The first-order chi connectivity index (χ1) is 14.8. The summed E-state index contributed by atoms with van der Waals surface area (Å²) >= 11 is 6.05. The van der Waals surface area contributed by atoms with Crippen LogP contribution in [0, 0.1) is 6.92 Å². The predicted octanol–water partition coefficient (Wildman–Crippen LogP) is 3.99. The van der Waals surface area contributed by atoms with Gasteiger partial charge in [-0.1, -0.05) is 49.6 Å². The van der Waals surface area contributed by atoms with Gasteiger partial charge in [0.05, 0.1) is 11.1 Å². The third-order valence-electron chi connectivity index (χ3n) is 5.13. The van der Waals surface area contributed by atoms with Crippen LogP contribution >= 0.6 is 11.6 Å². The normalized spacial score (nSPS) is 13.7. The second-order valence-electron chi connectivity index (χ2n) is 7.25. The molecule has 1 N–H and O–H groups in total. The molecular formula is C23H23ClN2O5. The number of rotatable bonds is 8. The summed E-state index contributed by atoms with van der Waals surface area (Å²) in [7, 11) is 0. The van der Waals surface area contributed by atoms with Crippen LogP contribution in [0.25, 0.3) is 0 Å². The zero-order chi connectivity index (χ0) is 22.5. The van der Waals surface area contributed by atoms with E-state index in [-0.39, 0.29) is 17.5 Å². The van der Waals surface area contributed by atoms with Gasteiger partial charge in [-0.25, -0.2) is 4.79 Å². The number of fused-ring (bicyclic) bond motifs is 1. The third-order valence-corrected chi connectivity index (χ3v) is 5.54. The molecule has 1 aliphatic rings. The summed E-state index contributed by atoms with van der Waals surface area (Å²) in [5.74, 6) is -2.40. The summed E-state index contributed by atoms with van der Waals surface area (Å²) in [5, 5.41) is 3.14. The minimum atomic E-state index is -1.09. The number of unbranched alkanes of at least 4 members (excludes halogenated alkanes) is 1. The van der Waals surface area contributed by atoms with Crippen LogP contribution in [-0.4, -0.2) is 41.2 Å². The first kappa shape index (κ1) is 22.5. The van der Waals surface area contributed by atoms with Crippen LogP contribution in [0.4, 0.5) is 5.69 Å². The number of amides is 3. The third kappa shape index (κ3) is 4.77. The van der Waals surface area contributed by atoms with E-state index < -0.39 is 36.3 Å². The number of anilines is 1. The molecule has 1 heterocycles. The van der Waals surface area contributed by atoms with Crippen LogP contribution in [0.2, 0.25) is 5.02 Å². The first-order valence-electron chi connectivity index (χ1n) is 10.0. The molecule has 31 heavy (non-hydrogen) atoms. The number of imide groups is 1. The van der Waals surface area contributed by atoms with Gasteiger partial charge in [0, 0.05) is 10.7 Å². The fourth-order valence-electron chi connectivity index (χ4n) is 3.40. The molecule has 0 aromatic heterocycles. The molecule has 162 valence electrons. The Hall–Kier alpha value is -3.19. The number of ether oxygens (including phenoxy) is 1. The summed E-state index contributed by atoms with van der Waals surface area (Å²) in [6.07, 6.45) is 1.64. The van der Waals surface area contributed by atoms with E-state index in [2.05, 4.69) is 5.32 Å². The van der Waals surface area contributed by atoms with Crippen molar-refractivity contribution in [3.05, 3.63) is 64.2 Å². The Kier molecular flexibility index (Phi) is 7.07. The number of nitrogens with zero attached hydrogens (tertiary/aromatic N) is 1. The molecule has 0 spiro atoms. The van der Waals surface area contributed by atoms with Gasteiger partial charge in [-0.05, 0) is 43.2 Å². The number of hydrogen-bond donors (Lipinski definition) is 1. The number of carbonyl (C=O) groups is 4. The van der Waals surface area contributed by atoms with E-state index in [4.69, 9.17) is 16.3 Å². The molecule has 3 amide bonds. The molecule has 8 heteroatoms. The molecule has 0 saturated heterocycles. The molecule has 0 unspecified atom stereocenters. The standard InChI is InChI=1S/C23H23ClN2O5/c1-3-4-12-19(26-21(28)15-8-5-6-9-16(15)22(26)29)23(30)31-13-20(27)25-18-11-7-10-17(24)14(18)2/h5-11,19H,3-4,12-13H2,1-2H3,(H,25,27)/t19-/m0/s1. The minimum absolute atomic E-state index is 0.260. The van der Waals surface area contributed by atoms with Gasteiger partial charge >= 0.3 is 5.97 Å². The van der Waals surface area contributed by atoms with Gasteiger partial charge in [0.15, 0.2) is 6.61 Å². The molecule has 2 aromatic rings. The Labute approximate surface area is 185 Å². The molecule has 2 aromatic carbocycles. The van der Waals surface area contributed by atoms with Gasteiger partial charge in [0.1, 0.15) is 6.04 Å². The van der Waals surface area contributed by atoms with Crippen molar-refractivity contribution in [1.29, 1.82) is 0 Å². The van der Waals surface area contributed by atoms with Gasteiger partial charge in [0.2, 0.25) is 0 Å². The molecule has 7 nitrogen and oxygen atoms in total. The second-order valence-corrected chi connectivity index (χ2v) is 7.66. The van der Waals surface area contributed by atoms with E-state index in [1.165, 1.54) is 0 Å². The van der Waals surface area contributed by atoms with Crippen molar-refractivity contribution in [1.82, 2.24) is 4.90 Å². The topological polar surface area (TPSA) is 92.8 Å². The number of carbonyl (C=O) groups excluding carboxylic acids is 4. The van der Waals surface area contributed by atoms with Gasteiger partial charge in [-0.3, -0.25) is 19.3 Å². The monoisotopic (exact) mass is 442 g/mol. The molecular weight excluding hydrogens is 420 g/mol. The average Bonchev–Trinajstić information content (AvgIpc) is 3.01. The predicted molar refractivity (Wildman–Crippen MR) is 116 cm³/mol. The zero-order valence-corrected chi connectivity index (χ0v) is 18.1. The molecule has 0 aliphatic carbocycles. The van der Waals surface area contributed by atoms with Crippen LogP contribution in [-0.2, 0) is 14.3 Å². The molecule has 0 radical (unpaired) electrons. The van der Waals surface area contributed by atoms with Crippen LogP contribution in [0.1, 0.15) is 52.5 Å². The van der Waals surface area contributed by atoms with Gasteiger partial charge in [0.25, 0.3) is 17.7 Å². The highest BCUT2D eigenvalue weighted by atomic mass is 35.5. The van der Waals surface area contributed by atoms with Crippen LogP contribution in [0.15, 0.2) is 42.5 Å². The van der Waals surface area contributed by atoms with Gasteiger partial charge < -0.3 is 10.1 Å². The summed E-state index contributed by atoms with van der Waals surface area (Å²) < 4.78 is 5.18. The SMILES string of the molecule is CCCC[C@@H](C(=O)OCC(=O)Nc1cccc(Cl)c1C)N1C(=O)c2ccccc2C1=O. The van der Waals surface area contributed by atoms with Crippen molar-refractivity contribution in [3.63, 3.8) is 0 Å². The highest BCUT2D eigenvalue weighted by molar-refractivity contribution is 6.31. The Bertz CT molecular complexity index is 1000. The molecule has 0 fully saturated rings. The highest BCUT2D eigenvalue weighted by Gasteiger charge is 2.43. The summed E-state index contributed by atoms with van der Waals surface area (Å²) in [6, 6.07) is 10.4. The van der Waals surface area contributed by atoms with Crippen molar-refractivity contribution < 1.29 is 23.9 Å². The summed E-state index contributed by atoms with van der Waals surface area (Å²) in [4.78, 5) is 51.5. The van der Waals surface area contributed by atoms with Crippen molar-refractivity contribution >= 4 is 41.0 Å².